The van der Waals surface area contributed by atoms with E-state index in [2.05, 4.69) is 202 Å². The van der Waals surface area contributed by atoms with Crippen molar-refractivity contribution in [3.8, 4) is 33.5 Å². The summed E-state index contributed by atoms with van der Waals surface area (Å²) in [5.41, 5.74) is 16.2. The minimum absolute atomic E-state index is 0.907. The smallest absolute Gasteiger partial charge is 0.0978 e. The molecule has 10 aromatic rings. The molecule has 0 N–H and O–H groups in total. The first-order valence-corrected chi connectivity index (χ1v) is 19.4. The fraction of sp³-hybridized carbons (Fsp3) is 0.0182. The molecule has 0 unspecified atom stereocenters. The average molecular weight is 727 g/mol. The van der Waals surface area contributed by atoms with Crippen LogP contribution in [0.15, 0.2) is 207 Å². The second kappa shape index (κ2) is 14.3. The largest absolute Gasteiger partial charge is 0.245 e. The Bertz CT molecular complexity index is 3160. The molecule has 0 aliphatic rings. The summed E-state index contributed by atoms with van der Waals surface area (Å²) < 4.78 is 0. The molecule has 0 atom stereocenters. The predicted octanol–water partition coefficient (Wildman–Crippen LogP) is 14.5. The van der Waals surface area contributed by atoms with E-state index in [-0.39, 0.29) is 0 Å². The van der Waals surface area contributed by atoms with Gasteiger partial charge in [-0.1, -0.05) is 183 Å². The van der Waals surface area contributed by atoms with Gasteiger partial charge < -0.3 is 0 Å². The molecular weight excluding hydrogens is 689 g/mol. The van der Waals surface area contributed by atoms with E-state index in [1.165, 1.54) is 33.0 Å². The monoisotopic (exact) mass is 726 g/mol. The van der Waals surface area contributed by atoms with Crippen LogP contribution in [0.3, 0.4) is 0 Å². The SMILES string of the molecule is C=C(/C=C(/c1ccc(-c2c3ccccc3nc3c2ccc2ccc(-c4ccccc4)nc23)cc1)c1ccc2ccc(-c3ccccc3)cc2c1C)c1ccccc1. The highest BCUT2D eigenvalue weighted by molar-refractivity contribution is 6.16. The zero-order chi connectivity index (χ0) is 38.3. The molecule has 0 aliphatic carbocycles. The van der Waals surface area contributed by atoms with E-state index < -0.39 is 0 Å². The van der Waals surface area contributed by atoms with Crippen LogP contribution in [0.5, 0.6) is 0 Å². The fourth-order valence-electron chi connectivity index (χ4n) is 8.23. The summed E-state index contributed by atoms with van der Waals surface area (Å²) in [5, 5.41) is 5.74. The van der Waals surface area contributed by atoms with Gasteiger partial charge in [0.05, 0.1) is 22.2 Å². The first-order valence-electron chi connectivity index (χ1n) is 19.4. The quantitative estimate of drug-likeness (QED) is 0.0928. The minimum Gasteiger partial charge on any atom is -0.245 e. The van der Waals surface area contributed by atoms with Crippen LogP contribution in [0.25, 0.3) is 88.1 Å². The molecule has 0 spiro atoms. The van der Waals surface area contributed by atoms with Gasteiger partial charge >= 0.3 is 0 Å². The van der Waals surface area contributed by atoms with Crippen LogP contribution in [0.4, 0.5) is 0 Å². The van der Waals surface area contributed by atoms with Gasteiger partial charge in [0.15, 0.2) is 0 Å². The number of pyridine rings is 2. The van der Waals surface area contributed by atoms with E-state index in [4.69, 9.17) is 9.97 Å². The Hall–Kier alpha value is -7.42. The van der Waals surface area contributed by atoms with Crippen LogP contribution in [0.1, 0.15) is 22.3 Å². The number of nitrogens with zero attached hydrogens (tertiary/aromatic N) is 2. The Labute approximate surface area is 332 Å². The molecule has 0 saturated carbocycles. The van der Waals surface area contributed by atoms with Crippen LogP contribution in [-0.4, -0.2) is 9.97 Å². The van der Waals surface area contributed by atoms with Crippen LogP contribution in [0.2, 0.25) is 0 Å². The molecule has 0 amide bonds. The molecule has 0 aliphatic heterocycles. The standard InChI is InChI=1S/C55H38N2/c1-36(38-14-6-3-7-15-38)34-50(46-31-28-40-24-27-45(35-49(40)37(46)2)39-16-8-4-9-17-39)41-22-25-43(26-23-41)53-47-20-12-13-21-52(47)57-55-48(53)32-29-44-30-33-51(56-54(44)55)42-18-10-5-11-19-42/h3-35H,1H2,2H3/b50-34-. The van der Waals surface area contributed by atoms with Crippen LogP contribution in [-0.2, 0) is 0 Å². The Balaban J connectivity index is 1.13. The van der Waals surface area contributed by atoms with Crippen LogP contribution in [0, 0.1) is 6.92 Å². The van der Waals surface area contributed by atoms with E-state index in [0.717, 1.165) is 77.4 Å². The summed E-state index contributed by atoms with van der Waals surface area (Å²) in [7, 11) is 0. The summed E-state index contributed by atoms with van der Waals surface area (Å²) in [6.45, 7) is 6.80. The van der Waals surface area contributed by atoms with Crippen molar-refractivity contribution in [1.82, 2.24) is 9.97 Å². The first kappa shape index (κ1) is 34.1. The summed E-state index contributed by atoms with van der Waals surface area (Å²) in [4.78, 5) is 10.5. The normalized spacial score (nSPS) is 11.8. The van der Waals surface area contributed by atoms with Gasteiger partial charge in [0.2, 0.25) is 0 Å². The van der Waals surface area contributed by atoms with Gasteiger partial charge in [0.25, 0.3) is 0 Å². The van der Waals surface area contributed by atoms with Gasteiger partial charge in [-0.15, -0.1) is 0 Å². The summed E-state index contributed by atoms with van der Waals surface area (Å²) in [5.74, 6) is 0. The van der Waals surface area contributed by atoms with Crippen molar-refractivity contribution < 1.29 is 0 Å². The van der Waals surface area contributed by atoms with Gasteiger partial charge in [0, 0.05) is 27.3 Å². The second-order valence-electron chi connectivity index (χ2n) is 14.7. The first-order chi connectivity index (χ1) is 28.1. The number of allylic oxidation sites excluding steroid dienone is 2. The lowest BCUT2D eigenvalue weighted by Crippen LogP contribution is -1.96. The lowest BCUT2D eigenvalue weighted by atomic mass is 9.87. The molecule has 2 aromatic heterocycles. The van der Waals surface area contributed by atoms with E-state index >= 15 is 0 Å². The third-order valence-corrected chi connectivity index (χ3v) is 11.2. The summed E-state index contributed by atoms with van der Waals surface area (Å²) in [6.07, 6.45) is 2.25. The van der Waals surface area contributed by atoms with E-state index in [1.54, 1.807) is 0 Å². The zero-order valence-corrected chi connectivity index (χ0v) is 31.7. The highest BCUT2D eigenvalue weighted by atomic mass is 14.8. The Morgan fingerprint density at radius 1 is 0.456 bits per heavy atom. The van der Waals surface area contributed by atoms with E-state index in [0.29, 0.717) is 0 Å². The Kier molecular flexibility index (Phi) is 8.58. The lowest BCUT2D eigenvalue weighted by Gasteiger charge is -2.17. The van der Waals surface area contributed by atoms with Gasteiger partial charge in [0.1, 0.15) is 0 Å². The number of para-hydroxylation sites is 1. The average Bonchev–Trinajstić information content (AvgIpc) is 3.28. The van der Waals surface area contributed by atoms with Gasteiger partial charge in [-0.05, 0) is 92.1 Å². The number of fused-ring (bicyclic) bond motifs is 5. The topological polar surface area (TPSA) is 25.8 Å². The molecule has 0 bridgehead atoms. The number of rotatable bonds is 7. The van der Waals surface area contributed by atoms with Crippen LogP contribution < -0.4 is 0 Å². The van der Waals surface area contributed by atoms with E-state index in [1.807, 2.05) is 12.1 Å². The van der Waals surface area contributed by atoms with Gasteiger partial charge in [-0.25, -0.2) is 9.97 Å². The maximum Gasteiger partial charge on any atom is 0.0978 e. The number of aromatic nitrogens is 2. The Morgan fingerprint density at radius 3 is 1.86 bits per heavy atom. The highest BCUT2D eigenvalue weighted by Crippen LogP contribution is 2.40. The maximum atomic E-state index is 5.25. The molecular formula is C55H38N2. The van der Waals surface area contributed by atoms with Crippen molar-refractivity contribution in [1.29, 1.82) is 0 Å². The van der Waals surface area contributed by atoms with E-state index in [9.17, 15) is 0 Å². The van der Waals surface area contributed by atoms with Crippen molar-refractivity contribution in [3.05, 3.63) is 229 Å². The Morgan fingerprint density at radius 2 is 1.09 bits per heavy atom. The van der Waals surface area contributed by atoms with Crippen LogP contribution >= 0.6 is 0 Å². The zero-order valence-electron chi connectivity index (χ0n) is 31.7. The van der Waals surface area contributed by atoms with Crippen molar-refractivity contribution >= 4 is 54.6 Å². The maximum absolute atomic E-state index is 5.25. The number of hydrogen-bond donors (Lipinski definition) is 0. The number of aryl methyl sites for hydroxylation is 1. The van der Waals surface area contributed by atoms with Gasteiger partial charge in [-0.2, -0.15) is 0 Å². The molecule has 2 heteroatoms. The molecule has 8 aromatic carbocycles. The number of benzene rings is 8. The molecule has 2 nitrogen and oxygen atoms in total. The van der Waals surface area contributed by atoms with Crippen molar-refractivity contribution in [3.63, 3.8) is 0 Å². The molecule has 57 heavy (non-hydrogen) atoms. The number of hydrogen-bond acceptors (Lipinski definition) is 2. The summed E-state index contributed by atoms with van der Waals surface area (Å²) >= 11 is 0. The fourth-order valence-corrected chi connectivity index (χ4v) is 8.23. The molecule has 0 radical (unpaired) electrons. The van der Waals surface area contributed by atoms with Crippen molar-refractivity contribution in [2.45, 2.75) is 6.92 Å². The minimum atomic E-state index is 0.907. The molecule has 0 saturated heterocycles. The lowest BCUT2D eigenvalue weighted by molar-refractivity contribution is 1.39. The second-order valence-corrected chi connectivity index (χ2v) is 14.7. The molecule has 10 rings (SSSR count). The van der Waals surface area contributed by atoms with Gasteiger partial charge in [-0.3, -0.25) is 0 Å². The third kappa shape index (κ3) is 6.28. The predicted molar refractivity (Wildman–Crippen MR) is 242 cm³/mol. The highest BCUT2D eigenvalue weighted by Gasteiger charge is 2.17. The third-order valence-electron chi connectivity index (χ3n) is 11.2. The molecule has 268 valence electrons. The van der Waals surface area contributed by atoms with Crippen molar-refractivity contribution in [2.75, 3.05) is 0 Å². The molecule has 0 fully saturated rings. The molecule has 2 heterocycles. The summed E-state index contributed by atoms with van der Waals surface area (Å²) in [6, 6.07) is 68.8. The van der Waals surface area contributed by atoms with Crippen molar-refractivity contribution in [2.24, 2.45) is 0 Å².